The number of unbranched alkanes of at least 4 members (excludes halogenated alkanes) is 24. The molecule has 0 aromatic carbocycles. The van der Waals surface area contributed by atoms with E-state index in [9.17, 15) is 10.2 Å². The van der Waals surface area contributed by atoms with Gasteiger partial charge in [0.25, 0.3) is 0 Å². The van der Waals surface area contributed by atoms with Crippen LogP contribution in [0.15, 0.2) is 24.3 Å². The van der Waals surface area contributed by atoms with Crippen LogP contribution in [0.2, 0.25) is 0 Å². The molecule has 0 rings (SSSR count). The van der Waals surface area contributed by atoms with Crippen molar-refractivity contribution in [3.05, 3.63) is 24.3 Å². The summed E-state index contributed by atoms with van der Waals surface area (Å²) < 4.78 is 0. The molecule has 2 N–H and O–H groups in total. The fraction of sp³-hybridized carbons (Fsp3) is 0.897. The van der Waals surface area contributed by atoms with Crippen LogP contribution in [0.5, 0.6) is 0 Å². The Kier molecular flexibility index (Phi) is 35.1. The monoisotopic (exact) mass is 577 g/mol. The van der Waals surface area contributed by atoms with Crippen LogP contribution in [0, 0.1) is 5.92 Å². The maximum atomic E-state index is 10.6. The van der Waals surface area contributed by atoms with E-state index in [1.54, 1.807) is 0 Å². The van der Waals surface area contributed by atoms with E-state index in [4.69, 9.17) is 0 Å². The average molecular weight is 577 g/mol. The fourth-order valence-electron chi connectivity index (χ4n) is 5.90. The Balaban J connectivity index is 3.47. The lowest BCUT2D eigenvalue weighted by Crippen LogP contribution is -2.23. The Morgan fingerprint density at radius 1 is 0.390 bits per heavy atom. The van der Waals surface area contributed by atoms with Crippen LogP contribution < -0.4 is 0 Å². The van der Waals surface area contributed by atoms with Crippen molar-refractivity contribution in [2.24, 2.45) is 5.92 Å². The molecule has 0 amide bonds. The molecule has 2 heteroatoms. The highest BCUT2D eigenvalue weighted by atomic mass is 16.3. The van der Waals surface area contributed by atoms with E-state index in [-0.39, 0.29) is 18.6 Å². The third-order valence-corrected chi connectivity index (χ3v) is 8.88. The summed E-state index contributed by atoms with van der Waals surface area (Å²) in [6.07, 6.45) is 48.0. The molecule has 0 aliphatic carbocycles. The van der Waals surface area contributed by atoms with Crippen LogP contribution in [0.3, 0.4) is 0 Å². The van der Waals surface area contributed by atoms with E-state index in [1.807, 2.05) is 0 Å². The van der Waals surface area contributed by atoms with Gasteiger partial charge in [-0.3, -0.25) is 0 Å². The van der Waals surface area contributed by atoms with E-state index >= 15 is 0 Å². The Bertz CT molecular complexity index is 526. The van der Waals surface area contributed by atoms with Gasteiger partial charge >= 0.3 is 0 Å². The van der Waals surface area contributed by atoms with Crippen molar-refractivity contribution >= 4 is 0 Å². The third-order valence-electron chi connectivity index (χ3n) is 8.88. The van der Waals surface area contributed by atoms with Gasteiger partial charge in [-0.05, 0) is 64.2 Å². The maximum Gasteiger partial charge on any atom is 0.0590 e. The summed E-state index contributed by atoms with van der Waals surface area (Å²) in [6.45, 7) is 4.70. The summed E-state index contributed by atoms with van der Waals surface area (Å²) in [5.74, 6) is 0.0786. The van der Waals surface area contributed by atoms with E-state index in [1.165, 1.54) is 167 Å². The van der Waals surface area contributed by atoms with Gasteiger partial charge in [0.2, 0.25) is 0 Å². The van der Waals surface area contributed by atoms with Crippen molar-refractivity contribution < 1.29 is 10.2 Å². The second-order valence-electron chi connectivity index (χ2n) is 13.0. The molecule has 0 aromatic heterocycles. The minimum atomic E-state index is -0.320. The second-order valence-corrected chi connectivity index (χ2v) is 13.0. The van der Waals surface area contributed by atoms with Gasteiger partial charge in [0, 0.05) is 12.5 Å². The highest BCUT2D eigenvalue weighted by molar-refractivity contribution is 4.82. The number of aliphatic hydroxyl groups is 2. The molecule has 0 aliphatic heterocycles. The quantitative estimate of drug-likeness (QED) is 0.0590. The van der Waals surface area contributed by atoms with Crippen molar-refractivity contribution in [3.8, 4) is 0 Å². The van der Waals surface area contributed by atoms with Gasteiger partial charge in [-0.25, -0.2) is 0 Å². The van der Waals surface area contributed by atoms with E-state index in [2.05, 4.69) is 38.2 Å². The molecule has 0 aromatic rings. The molecule has 0 saturated carbocycles. The number of aliphatic hydroxyl groups excluding tert-OH is 2. The first kappa shape index (κ1) is 40.4. The lowest BCUT2D eigenvalue weighted by molar-refractivity contribution is 0.0528. The molecule has 0 bridgehead atoms. The molecule has 0 saturated heterocycles. The summed E-state index contributed by atoms with van der Waals surface area (Å²) in [4.78, 5) is 0. The van der Waals surface area contributed by atoms with Crippen LogP contribution in [0.1, 0.15) is 206 Å². The number of hydrogen-bond donors (Lipinski definition) is 2. The zero-order valence-electron chi connectivity index (χ0n) is 28.3. The second kappa shape index (κ2) is 35.6. The summed E-state index contributed by atoms with van der Waals surface area (Å²) >= 11 is 0. The topological polar surface area (TPSA) is 40.5 Å². The molecule has 0 spiro atoms. The molecular formula is C39H76O2. The summed E-state index contributed by atoms with van der Waals surface area (Å²) in [7, 11) is 0. The summed E-state index contributed by atoms with van der Waals surface area (Å²) in [6, 6.07) is 0. The Labute approximate surface area is 259 Å². The first-order valence-electron chi connectivity index (χ1n) is 18.8. The van der Waals surface area contributed by atoms with Crippen molar-refractivity contribution in [1.82, 2.24) is 0 Å². The van der Waals surface area contributed by atoms with Gasteiger partial charge in [0.1, 0.15) is 0 Å². The molecule has 0 fully saturated rings. The predicted octanol–water partition coefficient (Wildman–Crippen LogP) is 12.8. The SMILES string of the molecule is CCCCCCCC/C=C\CCCCCCCCC(O)C(CO)CCCCCCCC/C=C\CCCCCCCC. The molecule has 2 nitrogen and oxygen atoms in total. The van der Waals surface area contributed by atoms with Crippen molar-refractivity contribution in [2.75, 3.05) is 6.61 Å². The van der Waals surface area contributed by atoms with Crippen LogP contribution in [0.25, 0.3) is 0 Å². The first-order chi connectivity index (χ1) is 20.3. The standard InChI is InChI=1S/C39H76O2/c1-3-5-7-9-11-13-15-17-19-21-23-25-27-29-31-33-35-38(37-40)39(41)36-34-32-30-28-26-24-22-20-18-16-14-12-10-8-6-4-2/h17-20,38-41H,3-16,21-37H2,1-2H3/b19-17-,20-18-. The van der Waals surface area contributed by atoms with Gasteiger partial charge in [-0.1, -0.05) is 167 Å². The molecule has 244 valence electrons. The van der Waals surface area contributed by atoms with Crippen molar-refractivity contribution in [2.45, 2.75) is 213 Å². The molecule has 41 heavy (non-hydrogen) atoms. The number of allylic oxidation sites excluding steroid dienone is 4. The molecule has 0 radical (unpaired) electrons. The number of rotatable bonds is 34. The predicted molar refractivity (Wildman–Crippen MR) is 185 cm³/mol. The zero-order valence-corrected chi connectivity index (χ0v) is 28.3. The Hall–Kier alpha value is -0.600. The van der Waals surface area contributed by atoms with Crippen LogP contribution in [-0.2, 0) is 0 Å². The van der Waals surface area contributed by atoms with Crippen molar-refractivity contribution in [1.29, 1.82) is 0 Å². The minimum Gasteiger partial charge on any atom is -0.396 e. The van der Waals surface area contributed by atoms with Gasteiger partial charge in [-0.15, -0.1) is 0 Å². The van der Waals surface area contributed by atoms with Crippen LogP contribution >= 0.6 is 0 Å². The van der Waals surface area contributed by atoms with E-state index < -0.39 is 0 Å². The lowest BCUT2D eigenvalue weighted by Gasteiger charge is -2.21. The molecular weight excluding hydrogens is 500 g/mol. The third kappa shape index (κ3) is 32.2. The number of hydrogen-bond acceptors (Lipinski definition) is 2. The normalized spacial score (nSPS) is 13.6. The molecule has 0 heterocycles. The average Bonchev–Trinajstić information content (AvgIpc) is 2.98. The molecule has 2 unspecified atom stereocenters. The Morgan fingerprint density at radius 3 is 1.02 bits per heavy atom. The highest BCUT2D eigenvalue weighted by Gasteiger charge is 2.17. The van der Waals surface area contributed by atoms with Gasteiger partial charge in [0.05, 0.1) is 6.10 Å². The molecule has 2 atom stereocenters. The summed E-state index contributed by atoms with van der Waals surface area (Å²) in [5.41, 5.74) is 0. The minimum absolute atomic E-state index is 0.0786. The van der Waals surface area contributed by atoms with Gasteiger partial charge in [-0.2, -0.15) is 0 Å². The van der Waals surface area contributed by atoms with E-state index in [0.29, 0.717) is 0 Å². The summed E-state index contributed by atoms with van der Waals surface area (Å²) in [5, 5.41) is 20.4. The largest absolute Gasteiger partial charge is 0.396 e. The smallest absolute Gasteiger partial charge is 0.0590 e. The maximum absolute atomic E-state index is 10.6. The molecule has 0 aliphatic rings. The van der Waals surface area contributed by atoms with Gasteiger partial charge < -0.3 is 10.2 Å². The van der Waals surface area contributed by atoms with Crippen LogP contribution in [0.4, 0.5) is 0 Å². The first-order valence-corrected chi connectivity index (χ1v) is 18.8. The van der Waals surface area contributed by atoms with Gasteiger partial charge in [0.15, 0.2) is 0 Å². The Morgan fingerprint density at radius 2 is 0.683 bits per heavy atom. The van der Waals surface area contributed by atoms with E-state index in [0.717, 1.165) is 25.7 Å². The lowest BCUT2D eigenvalue weighted by atomic mass is 9.92. The fourth-order valence-corrected chi connectivity index (χ4v) is 5.90. The highest BCUT2D eigenvalue weighted by Crippen LogP contribution is 2.20. The zero-order chi connectivity index (χ0) is 29.9. The van der Waals surface area contributed by atoms with Crippen LogP contribution in [-0.4, -0.2) is 22.9 Å². The van der Waals surface area contributed by atoms with Crippen molar-refractivity contribution in [3.63, 3.8) is 0 Å².